The van der Waals surface area contributed by atoms with E-state index in [9.17, 15) is 22.4 Å². The molecule has 1 atom stereocenters. The molecule has 2 amide bonds. The Kier molecular flexibility index (Phi) is 11.7. The zero-order chi connectivity index (χ0) is 32.4. The molecule has 0 aliphatic rings. The lowest BCUT2D eigenvalue weighted by Gasteiger charge is -2.34. The monoisotopic (exact) mass is 649 g/mol. The number of halogens is 2. The molecule has 0 aliphatic heterocycles. The summed E-state index contributed by atoms with van der Waals surface area (Å²) in [7, 11) is -4.25. The maximum atomic E-state index is 14.5. The third kappa shape index (κ3) is 8.93. The topological polar surface area (TPSA) is 86.8 Å². The summed E-state index contributed by atoms with van der Waals surface area (Å²) in [4.78, 5) is 29.6. The van der Waals surface area contributed by atoms with Gasteiger partial charge in [-0.05, 0) is 66.4 Å². The smallest absolute Gasteiger partial charge is 0.264 e. The molecule has 1 N–H and O–H groups in total. The number of hydrogen-bond acceptors (Lipinski definition) is 4. The van der Waals surface area contributed by atoms with Crippen LogP contribution >= 0.6 is 11.6 Å². The Labute approximate surface area is 269 Å². The summed E-state index contributed by atoms with van der Waals surface area (Å²) in [6, 6.07) is 26.7. The Balaban J connectivity index is 1.81. The van der Waals surface area contributed by atoms with Crippen LogP contribution in [0.25, 0.3) is 0 Å². The summed E-state index contributed by atoms with van der Waals surface area (Å²) < 4.78 is 43.1. The Bertz CT molecular complexity index is 1690. The van der Waals surface area contributed by atoms with Crippen LogP contribution in [-0.4, -0.2) is 44.3 Å². The molecular weight excluding hydrogens is 613 g/mol. The molecule has 0 saturated carbocycles. The average Bonchev–Trinajstić information content (AvgIpc) is 3.04. The van der Waals surface area contributed by atoms with Gasteiger partial charge in [0, 0.05) is 24.5 Å². The fraction of sp³-hybridized carbons (Fsp3) is 0.257. The average molecular weight is 650 g/mol. The molecular formula is C35H37ClFN3O4S. The van der Waals surface area contributed by atoms with Crippen LogP contribution in [0.2, 0.25) is 5.02 Å². The van der Waals surface area contributed by atoms with Crippen LogP contribution in [0.15, 0.2) is 108 Å². The van der Waals surface area contributed by atoms with E-state index in [2.05, 4.69) is 5.32 Å². The maximum absolute atomic E-state index is 14.5. The summed E-state index contributed by atoms with van der Waals surface area (Å²) in [5.74, 6) is -1.41. The largest absolute Gasteiger partial charge is 0.354 e. The van der Waals surface area contributed by atoms with Crippen molar-refractivity contribution in [2.24, 2.45) is 0 Å². The van der Waals surface area contributed by atoms with E-state index in [0.717, 1.165) is 22.7 Å². The first-order chi connectivity index (χ1) is 21.6. The number of aryl methyl sites for hydroxylation is 1. The SMILES string of the molecule is CCCCNC(=O)[C@H](Cc1ccccc1)N(Cc1ccc(F)cc1)C(=O)CN(c1cc(Cl)ccc1C)S(=O)(=O)c1ccccc1. The molecule has 7 nitrogen and oxygen atoms in total. The van der Waals surface area contributed by atoms with Crippen molar-refractivity contribution in [2.45, 2.75) is 50.6 Å². The van der Waals surface area contributed by atoms with E-state index in [1.165, 1.54) is 35.2 Å². The van der Waals surface area contributed by atoms with Gasteiger partial charge in [-0.2, -0.15) is 0 Å². The van der Waals surface area contributed by atoms with E-state index in [1.807, 2.05) is 37.3 Å². The third-order valence-electron chi connectivity index (χ3n) is 7.42. The number of nitrogens with one attached hydrogen (secondary N) is 1. The Hall–Kier alpha value is -4.21. The highest BCUT2D eigenvalue weighted by molar-refractivity contribution is 7.92. The number of unbranched alkanes of at least 4 members (excludes halogenated alkanes) is 1. The summed E-state index contributed by atoms with van der Waals surface area (Å²) in [5.41, 5.74) is 2.24. The normalized spacial score (nSPS) is 11.9. The van der Waals surface area contributed by atoms with Gasteiger partial charge in [0.25, 0.3) is 10.0 Å². The van der Waals surface area contributed by atoms with Crippen molar-refractivity contribution < 1.29 is 22.4 Å². The number of amides is 2. The first-order valence-corrected chi connectivity index (χ1v) is 16.6. The van der Waals surface area contributed by atoms with E-state index < -0.39 is 34.3 Å². The van der Waals surface area contributed by atoms with E-state index in [-0.39, 0.29) is 29.5 Å². The number of anilines is 1. The van der Waals surface area contributed by atoms with Gasteiger partial charge < -0.3 is 10.2 Å². The molecule has 45 heavy (non-hydrogen) atoms. The van der Waals surface area contributed by atoms with Crippen LogP contribution < -0.4 is 9.62 Å². The molecule has 4 aromatic rings. The highest BCUT2D eigenvalue weighted by Crippen LogP contribution is 2.30. The van der Waals surface area contributed by atoms with Gasteiger partial charge in [0.05, 0.1) is 10.6 Å². The lowest BCUT2D eigenvalue weighted by molar-refractivity contribution is -0.140. The fourth-order valence-electron chi connectivity index (χ4n) is 4.93. The second kappa shape index (κ2) is 15.7. The lowest BCUT2D eigenvalue weighted by Crippen LogP contribution is -2.53. The quantitative estimate of drug-likeness (QED) is 0.157. The molecule has 4 aromatic carbocycles. The molecule has 0 aliphatic carbocycles. The molecule has 0 aromatic heterocycles. The fourth-order valence-corrected chi connectivity index (χ4v) is 6.59. The van der Waals surface area contributed by atoms with Gasteiger partial charge in [0.15, 0.2) is 0 Å². The molecule has 0 saturated heterocycles. The van der Waals surface area contributed by atoms with Crippen molar-refractivity contribution in [2.75, 3.05) is 17.4 Å². The van der Waals surface area contributed by atoms with E-state index in [4.69, 9.17) is 11.6 Å². The second-order valence-electron chi connectivity index (χ2n) is 10.8. The second-order valence-corrected chi connectivity index (χ2v) is 13.1. The van der Waals surface area contributed by atoms with Crippen LogP contribution in [0, 0.1) is 12.7 Å². The summed E-state index contributed by atoms with van der Waals surface area (Å²) in [6.07, 6.45) is 1.81. The van der Waals surface area contributed by atoms with Gasteiger partial charge in [-0.1, -0.05) is 91.7 Å². The number of benzene rings is 4. The number of hydrogen-bond donors (Lipinski definition) is 1. The number of carbonyl (C=O) groups excluding carboxylic acids is 2. The van der Waals surface area contributed by atoms with Gasteiger partial charge in [0.2, 0.25) is 11.8 Å². The first-order valence-electron chi connectivity index (χ1n) is 14.8. The molecule has 0 heterocycles. The summed E-state index contributed by atoms with van der Waals surface area (Å²) in [6.45, 7) is 3.52. The predicted molar refractivity (Wildman–Crippen MR) is 176 cm³/mol. The number of sulfonamides is 1. The molecule has 0 bridgehead atoms. The number of rotatable bonds is 14. The van der Waals surface area contributed by atoms with Crippen molar-refractivity contribution in [3.8, 4) is 0 Å². The van der Waals surface area contributed by atoms with E-state index in [1.54, 1.807) is 49.4 Å². The Morgan fingerprint density at radius 1 is 0.889 bits per heavy atom. The molecule has 0 fully saturated rings. The van der Waals surface area contributed by atoms with Gasteiger partial charge in [-0.3, -0.25) is 13.9 Å². The maximum Gasteiger partial charge on any atom is 0.264 e. The highest BCUT2D eigenvalue weighted by Gasteiger charge is 2.35. The molecule has 10 heteroatoms. The lowest BCUT2D eigenvalue weighted by atomic mass is 10.0. The number of carbonyl (C=O) groups is 2. The number of nitrogens with zero attached hydrogens (tertiary/aromatic N) is 2. The molecule has 0 spiro atoms. The van der Waals surface area contributed by atoms with Crippen molar-refractivity contribution in [1.29, 1.82) is 0 Å². The standard InChI is InChI=1S/C35H37ClFN3O4S/c1-3-4-21-38-35(42)33(22-27-11-7-5-8-12-27)39(24-28-16-19-30(37)20-17-28)34(41)25-40(32-23-29(36)18-15-26(32)2)45(43,44)31-13-9-6-10-14-31/h5-20,23,33H,3-4,21-22,24-25H2,1-2H3,(H,38,42)/t33-/m0/s1. The van der Waals surface area contributed by atoms with E-state index in [0.29, 0.717) is 22.7 Å². The van der Waals surface area contributed by atoms with Crippen LogP contribution in [-0.2, 0) is 32.6 Å². The first kappa shape index (κ1) is 33.7. The van der Waals surface area contributed by atoms with Crippen molar-refractivity contribution >= 4 is 39.1 Å². The van der Waals surface area contributed by atoms with Crippen molar-refractivity contribution in [1.82, 2.24) is 10.2 Å². The zero-order valence-corrected chi connectivity index (χ0v) is 26.9. The third-order valence-corrected chi connectivity index (χ3v) is 9.43. The summed E-state index contributed by atoms with van der Waals surface area (Å²) in [5, 5.41) is 3.25. The van der Waals surface area contributed by atoms with Crippen LogP contribution in [0.5, 0.6) is 0 Å². The van der Waals surface area contributed by atoms with Crippen LogP contribution in [0.1, 0.15) is 36.5 Å². The minimum Gasteiger partial charge on any atom is -0.354 e. The Morgan fingerprint density at radius 3 is 2.18 bits per heavy atom. The van der Waals surface area contributed by atoms with Crippen molar-refractivity contribution in [3.63, 3.8) is 0 Å². The summed E-state index contributed by atoms with van der Waals surface area (Å²) >= 11 is 6.32. The predicted octanol–water partition coefficient (Wildman–Crippen LogP) is 6.54. The minimum atomic E-state index is -4.25. The minimum absolute atomic E-state index is 0.000374. The van der Waals surface area contributed by atoms with Gasteiger partial charge >= 0.3 is 0 Å². The van der Waals surface area contributed by atoms with Crippen molar-refractivity contribution in [3.05, 3.63) is 131 Å². The molecule has 236 valence electrons. The Morgan fingerprint density at radius 2 is 1.53 bits per heavy atom. The van der Waals surface area contributed by atoms with Gasteiger partial charge in [-0.15, -0.1) is 0 Å². The zero-order valence-electron chi connectivity index (χ0n) is 25.3. The highest BCUT2D eigenvalue weighted by atomic mass is 35.5. The molecule has 4 rings (SSSR count). The van der Waals surface area contributed by atoms with Crippen LogP contribution in [0.4, 0.5) is 10.1 Å². The van der Waals surface area contributed by atoms with Gasteiger partial charge in [-0.25, -0.2) is 12.8 Å². The van der Waals surface area contributed by atoms with E-state index >= 15 is 0 Å². The van der Waals surface area contributed by atoms with Crippen LogP contribution in [0.3, 0.4) is 0 Å². The van der Waals surface area contributed by atoms with Gasteiger partial charge in [0.1, 0.15) is 18.4 Å². The molecule has 0 radical (unpaired) electrons. The molecule has 0 unspecified atom stereocenters.